The maximum Gasteiger partial charge on any atom is 0.264 e. The van der Waals surface area contributed by atoms with E-state index in [1.165, 1.54) is 4.31 Å². The highest BCUT2D eigenvalue weighted by Crippen LogP contribution is 2.36. The van der Waals surface area contributed by atoms with E-state index in [0.717, 1.165) is 40.1 Å². The Kier molecular flexibility index (Phi) is 3.88. The maximum atomic E-state index is 13.4. The van der Waals surface area contributed by atoms with Gasteiger partial charge in [-0.3, -0.25) is 4.31 Å². The summed E-state index contributed by atoms with van der Waals surface area (Å²) in [5, 5.41) is 3.98. The molecule has 3 aromatic rings. The summed E-state index contributed by atoms with van der Waals surface area (Å²) in [6.07, 6.45) is 0.734. The summed E-state index contributed by atoms with van der Waals surface area (Å²) in [6.45, 7) is 5.99. The van der Waals surface area contributed by atoms with Gasteiger partial charge in [0.1, 0.15) is 5.76 Å². The van der Waals surface area contributed by atoms with Crippen LogP contribution in [-0.4, -0.2) is 20.1 Å². The van der Waals surface area contributed by atoms with Crippen molar-refractivity contribution in [2.24, 2.45) is 0 Å². The average Bonchev–Trinajstić information content (AvgIpc) is 3.19. The molecule has 2 aromatic carbocycles. The molecule has 26 heavy (non-hydrogen) atoms. The van der Waals surface area contributed by atoms with E-state index in [9.17, 15) is 8.42 Å². The van der Waals surface area contributed by atoms with Crippen molar-refractivity contribution in [2.45, 2.75) is 32.1 Å². The fourth-order valence-electron chi connectivity index (χ4n) is 3.60. The van der Waals surface area contributed by atoms with Crippen molar-refractivity contribution in [3.63, 3.8) is 0 Å². The Hall–Kier alpha value is -2.60. The van der Waals surface area contributed by atoms with Crippen LogP contribution >= 0.6 is 0 Å². The van der Waals surface area contributed by atoms with Crippen LogP contribution in [0.15, 0.2) is 51.9 Å². The van der Waals surface area contributed by atoms with Crippen molar-refractivity contribution in [1.82, 2.24) is 5.16 Å². The second-order valence-corrected chi connectivity index (χ2v) is 8.47. The van der Waals surface area contributed by atoms with Crippen LogP contribution in [0.2, 0.25) is 0 Å². The molecule has 4 rings (SSSR count). The number of para-hydroxylation sites is 1. The van der Waals surface area contributed by atoms with Crippen LogP contribution in [0.25, 0.3) is 11.1 Å². The highest BCUT2D eigenvalue weighted by Gasteiger charge is 2.32. The molecule has 0 saturated heterocycles. The normalized spacial score (nSPS) is 13.9. The molecule has 0 fully saturated rings. The van der Waals surface area contributed by atoms with Gasteiger partial charge in [0, 0.05) is 12.1 Å². The fourth-order valence-corrected chi connectivity index (χ4v) is 5.36. The molecule has 0 radical (unpaired) electrons. The summed E-state index contributed by atoms with van der Waals surface area (Å²) >= 11 is 0. The van der Waals surface area contributed by atoms with Gasteiger partial charge in [-0.1, -0.05) is 35.5 Å². The summed E-state index contributed by atoms with van der Waals surface area (Å²) in [7, 11) is -3.64. The number of fused-ring (bicyclic) bond motifs is 1. The van der Waals surface area contributed by atoms with Crippen LogP contribution in [0.5, 0.6) is 0 Å². The standard InChI is InChI=1S/C20H20N2O3S/c1-13-8-9-17(20-14(2)21-25-15(20)3)12-19(13)26(23,24)22-11-10-16-6-4-5-7-18(16)22/h4-9,12H,10-11H2,1-3H3. The Balaban J connectivity index is 1.84. The minimum atomic E-state index is -3.64. The lowest BCUT2D eigenvalue weighted by Gasteiger charge is -2.21. The van der Waals surface area contributed by atoms with Gasteiger partial charge in [-0.2, -0.15) is 0 Å². The number of rotatable bonds is 3. The van der Waals surface area contributed by atoms with Crippen molar-refractivity contribution in [3.8, 4) is 11.1 Å². The number of aryl methyl sites for hydroxylation is 3. The zero-order chi connectivity index (χ0) is 18.5. The highest BCUT2D eigenvalue weighted by atomic mass is 32.2. The predicted octanol–water partition coefficient (Wildman–Crippen LogP) is 4.02. The van der Waals surface area contributed by atoms with Crippen LogP contribution in [0, 0.1) is 20.8 Å². The maximum absolute atomic E-state index is 13.4. The molecule has 1 aromatic heterocycles. The molecule has 5 nitrogen and oxygen atoms in total. The molecule has 0 aliphatic carbocycles. The van der Waals surface area contributed by atoms with Crippen molar-refractivity contribution in [3.05, 3.63) is 65.0 Å². The van der Waals surface area contributed by atoms with Crippen molar-refractivity contribution >= 4 is 15.7 Å². The second-order valence-electron chi connectivity index (χ2n) is 6.64. The van der Waals surface area contributed by atoms with Crippen molar-refractivity contribution in [2.75, 3.05) is 10.8 Å². The van der Waals surface area contributed by atoms with Crippen molar-refractivity contribution < 1.29 is 12.9 Å². The van der Waals surface area contributed by atoms with Crippen LogP contribution in [0.4, 0.5) is 5.69 Å². The van der Waals surface area contributed by atoms with E-state index in [4.69, 9.17) is 4.52 Å². The molecular formula is C20H20N2O3S. The summed E-state index contributed by atoms with van der Waals surface area (Å²) in [4.78, 5) is 0.326. The first-order chi connectivity index (χ1) is 12.4. The molecule has 0 unspecified atom stereocenters. The molecule has 134 valence electrons. The molecule has 0 saturated carbocycles. The van der Waals surface area contributed by atoms with E-state index in [-0.39, 0.29) is 0 Å². The summed E-state index contributed by atoms with van der Waals surface area (Å²) in [5.41, 5.74) is 4.97. The number of hydrogen-bond acceptors (Lipinski definition) is 4. The third kappa shape index (κ3) is 2.52. The van der Waals surface area contributed by atoms with Gasteiger partial charge in [0.05, 0.1) is 16.3 Å². The highest BCUT2D eigenvalue weighted by molar-refractivity contribution is 7.93. The lowest BCUT2D eigenvalue weighted by atomic mass is 10.0. The minimum Gasteiger partial charge on any atom is -0.361 e. The number of nitrogens with zero attached hydrogens (tertiary/aromatic N) is 2. The molecule has 0 atom stereocenters. The SMILES string of the molecule is Cc1ccc(-c2c(C)noc2C)cc1S(=O)(=O)N1CCc2ccccc21. The molecule has 6 heteroatoms. The lowest BCUT2D eigenvalue weighted by Crippen LogP contribution is -2.29. The summed E-state index contributed by atoms with van der Waals surface area (Å²) in [5.74, 6) is 0.682. The first-order valence-corrected chi connectivity index (χ1v) is 9.98. The van der Waals surface area contributed by atoms with Gasteiger partial charge < -0.3 is 4.52 Å². The largest absolute Gasteiger partial charge is 0.361 e. The Bertz CT molecular complexity index is 1080. The first-order valence-electron chi connectivity index (χ1n) is 8.54. The van der Waals surface area contributed by atoms with Crippen LogP contribution in [0.3, 0.4) is 0 Å². The number of anilines is 1. The van der Waals surface area contributed by atoms with E-state index >= 15 is 0 Å². The Morgan fingerprint density at radius 1 is 1.08 bits per heavy atom. The molecule has 0 amide bonds. The smallest absolute Gasteiger partial charge is 0.264 e. The number of hydrogen-bond donors (Lipinski definition) is 0. The van der Waals surface area contributed by atoms with E-state index in [1.54, 1.807) is 6.07 Å². The Labute approximate surface area is 153 Å². The molecule has 0 bridgehead atoms. The number of benzene rings is 2. The van der Waals surface area contributed by atoms with Gasteiger partial charge in [-0.05, 0) is 56.0 Å². The molecular weight excluding hydrogens is 348 g/mol. The Morgan fingerprint density at radius 3 is 2.58 bits per heavy atom. The third-order valence-electron chi connectivity index (χ3n) is 4.92. The van der Waals surface area contributed by atoms with Gasteiger partial charge >= 0.3 is 0 Å². The van der Waals surface area contributed by atoms with Crippen LogP contribution in [-0.2, 0) is 16.4 Å². The topological polar surface area (TPSA) is 63.4 Å². The molecule has 1 aliphatic rings. The van der Waals surface area contributed by atoms with E-state index in [0.29, 0.717) is 17.2 Å². The third-order valence-corrected chi connectivity index (χ3v) is 6.88. The molecule has 1 aliphatic heterocycles. The quantitative estimate of drug-likeness (QED) is 0.700. The van der Waals surface area contributed by atoms with Gasteiger partial charge in [-0.15, -0.1) is 0 Å². The van der Waals surface area contributed by atoms with Gasteiger partial charge in [0.25, 0.3) is 10.0 Å². The second kappa shape index (κ2) is 5.99. The average molecular weight is 368 g/mol. The summed E-state index contributed by atoms with van der Waals surface area (Å²) in [6, 6.07) is 13.2. The van der Waals surface area contributed by atoms with Crippen molar-refractivity contribution in [1.29, 1.82) is 0 Å². The fraction of sp³-hybridized carbons (Fsp3) is 0.250. The minimum absolute atomic E-state index is 0.326. The van der Waals surface area contributed by atoms with Gasteiger partial charge in [0.2, 0.25) is 0 Å². The van der Waals surface area contributed by atoms with Crippen LogP contribution < -0.4 is 4.31 Å². The number of aromatic nitrogens is 1. The van der Waals surface area contributed by atoms with E-state index in [2.05, 4.69) is 5.16 Å². The number of sulfonamides is 1. The molecule has 2 heterocycles. The molecule has 0 N–H and O–H groups in total. The van der Waals surface area contributed by atoms with E-state index < -0.39 is 10.0 Å². The van der Waals surface area contributed by atoms with E-state index in [1.807, 2.05) is 57.2 Å². The monoisotopic (exact) mass is 368 g/mol. The van der Waals surface area contributed by atoms with Gasteiger partial charge in [-0.25, -0.2) is 8.42 Å². The van der Waals surface area contributed by atoms with Gasteiger partial charge in [0.15, 0.2) is 0 Å². The first kappa shape index (κ1) is 16.8. The Morgan fingerprint density at radius 2 is 1.85 bits per heavy atom. The summed E-state index contributed by atoms with van der Waals surface area (Å²) < 4.78 is 33.6. The van der Waals surface area contributed by atoms with Crippen LogP contribution in [0.1, 0.15) is 22.6 Å². The zero-order valence-corrected chi connectivity index (χ0v) is 15.8. The predicted molar refractivity (Wildman–Crippen MR) is 101 cm³/mol. The molecule has 0 spiro atoms. The lowest BCUT2D eigenvalue weighted by molar-refractivity contribution is 0.393. The zero-order valence-electron chi connectivity index (χ0n) is 15.0.